The van der Waals surface area contributed by atoms with E-state index in [1.54, 1.807) is 36.4 Å². The number of benzene rings is 4. The van der Waals surface area contributed by atoms with E-state index in [-0.39, 0.29) is 28.0 Å². The molecule has 1 heterocycles. The van der Waals surface area contributed by atoms with Crippen LogP contribution in [-0.2, 0) is 11.0 Å². The molecule has 0 radical (unpaired) electrons. The molecule has 0 unspecified atom stereocenters. The predicted octanol–water partition coefficient (Wildman–Crippen LogP) is 6.79. The smallest absolute Gasteiger partial charge is 0.450 e. The van der Waals surface area contributed by atoms with Crippen molar-refractivity contribution in [2.45, 2.75) is 6.18 Å². The Kier molecular flexibility index (Phi) is 6.12. The summed E-state index contributed by atoms with van der Waals surface area (Å²) in [7, 11) is 0. The molecule has 0 fully saturated rings. The maximum Gasteiger partial charge on any atom is 0.450 e. The average Bonchev–Trinajstić information content (AvgIpc) is 2.88. The third kappa shape index (κ3) is 4.75. The van der Waals surface area contributed by atoms with E-state index in [4.69, 9.17) is 9.15 Å². The molecular weight excluding hydrogens is 490 g/mol. The highest BCUT2D eigenvalue weighted by Crippen LogP contribution is 2.39. The fraction of sp³-hybridized carbons (Fsp3) is 0.0714. The average molecular weight is 507 g/mol. The van der Waals surface area contributed by atoms with Gasteiger partial charge in [-0.3, -0.25) is 9.59 Å². The molecular formula is C28H17F4NO4. The fourth-order valence-corrected chi connectivity index (χ4v) is 4.05. The van der Waals surface area contributed by atoms with Gasteiger partial charge in [-0.25, -0.2) is 4.39 Å². The number of hydrogen-bond donors (Lipinski definition) is 1. The minimum Gasteiger partial charge on any atom is -0.484 e. The van der Waals surface area contributed by atoms with Gasteiger partial charge in [0.25, 0.3) is 5.91 Å². The van der Waals surface area contributed by atoms with Crippen molar-refractivity contribution >= 4 is 33.3 Å². The number of para-hydroxylation sites is 1. The number of carbonyl (C=O) groups excluding carboxylic acids is 1. The van der Waals surface area contributed by atoms with E-state index in [0.29, 0.717) is 10.8 Å². The first kappa shape index (κ1) is 24.1. The third-order valence-electron chi connectivity index (χ3n) is 5.70. The molecule has 0 spiro atoms. The van der Waals surface area contributed by atoms with Crippen LogP contribution in [0.5, 0.6) is 5.75 Å². The number of anilines is 1. The van der Waals surface area contributed by atoms with Crippen LogP contribution in [0.25, 0.3) is 32.9 Å². The first-order valence-electron chi connectivity index (χ1n) is 11.1. The van der Waals surface area contributed by atoms with E-state index in [9.17, 15) is 27.2 Å². The van der Waals surface area contributed by atoms with Gasteiger partial charge in [0.05, 0.1) is 16.6 Å². The molecule has 0 atom stereocenters. The van der Waals surface area contributed by atoms with Crippen LogP contribution in [0.3, 0.4) is 0 Å². The van der Waals surface area contributed by atoms with Crippen LogP contribution in [0.4, 0.5) is 23.2 Å². The SMILES string of the molecule is O=C(COc1ccc2c(=O)c(-c3cccc4ccccc34)c(C(F)(F)F)oc2c1)Nc1ccccc1F. The van der Waals surface area contributed by atoms with Crippen LogP contribution in [0.15, 0.2) is 94.1 Å². The number of carbonyl (C=O) groups is 1. The van der Waals surface area contributed by atoms with Gasteiger partial charge in [0.1, 0.15) is 17.1 Å². The van der Waals surface area contributed by atoms with Crippen molar-refractivity contribution in [1.82, 2.24) is 0 Å². The van der Waals surface area contributed by atoms with E-state index < -0.39 is 41.3 Å². The van der Waals surface area contributed by atoms with Gasteiger partial charge in [0, 0.05) is 6.07 Å². The van der Waals surface area contributed by atoms with Gasteiger partial charge in [-0.15, -0.1) is 0 Å². The summed E-state index contributed by atoms with van der Waals surface area (Å²) in [6.07, 6.45) is -4.96. The summed E-state index contributed by atoms with van der Waals surface area (Å²) in [5, 5.41) is 3.40. The zero-order valence-corrected chi connectivity index (χ0v) is 18.9. The third-order valence-corrected chi connectivity index (χ3v) is 5.70. The number of halogens is 4. The number of rotatable bonds is 5. The Bertz CT molecular complexity index is 1700. The number of amides is 1. The van der Waals surface area contributed by atoms with Crippen LogP contribution in [-0.4, -0.2) is 12.5 Å². The molecule has 5 aromatic rings. The van der Waals surface area contributed by atoms with Crippen molar-refractivity contribution < 1.29 is 31.5 Å². The number of fused-ring (bicyclic) bond motifs is 2. The first-order chi connectivity index (χ1) is 17.7. The maximum atomic E-state index is 14.1. The molecule has 5 nitrogen and oxygen atoms in total. The van der Waals surface area contributed by atoms with Gasteiger partial charge in [-0.2, -0.15) is 13.2 Å². The van der Waals surface area contributed by atoms with Crippen LogP contribution >= 0.6 is 0 Å². The Morgan fingerprint density at radius 1 is 0.892 bits per heavy atom. The number of alkyl halides is 3. The van der Waals surface area contributed by atoms with Gasteiger partial charge in [-0.05, 0) is 40.6 Å². The topological polar surface area (TPSA) is 68.5 Å². The van der Waals surface area contributed by atoms with Crippen molar-refractivity contribution in [2.75, 3.05) is 11.9 Å². The molecule has 186 valence electrons. The Morgan fingerprint density at radius 3 is 2.41 bits per heavy atom. The summed E-state index contributed by atoms with van der Waals surface area (Å²) in [5.74, 6) is -2.76. The second-order valence-corrected chi connectivity index (χ2v) is 8.13. The van der Waals surface area contributed by atoms with Gasteiger partial charge in [-0.1, -0.05) is 54.6 Å². The molecule has 9 heteroatoms. The zero-order valence-electron chi connectivity index (χ0n) is 18.9. The lowest BCUT2D eigenvalue weighted by molar-refractivity contribution is -0.152. The maximum absolute atomic E-state index is 14.1. The predicted molar refractivity (Wildman–Crippen MR) is 131 cm³/mol. The first-order valence-corrected chi connectivity index (χ1v) is 11.1. The van der Waals surface area contributed by atoms with Gasteiger partial charge < -0.3 is 14.5 Å². The van der Waals surface area contributed by atoms with E-state index in [0.717, 1.165) is 6.07 Å². The molecule has 0 aliphatic rings. The summed E-state index contributed by atoms with van der Waals surface area (Å²) in [5.41, 5.74) is -1.74. The quantitative estimate of drug-likeness (QED) is 0.266. The molecule has 1 aromatic heterocycles. The van der Waals surface area contributed by atoms with Crippen LogP contribution in [0.1, 0.15) is 5.76 Å². The minimum absolute atomic E-state index is 0.00892. The van der Waals surface area contributed by atoms with Crippen LogP contribution < -0.4 is 15.5 Å². The molecule has 0 aliphatic carbocycles. The second-order valence-electron chi connectivity index (χ2n) is 8.13. The largest absolute Gasteiger partial charge is 0.484 e. The summed E-state index contributed by atoms with van der Waals surface area (Å²) in [6, 6.07) is 20.8. The molecule has 5 rings (SSSR count). The highest BCUT2D eigenvalue weighted by Gasteiger charge is 2.39. The Hall–Kier alpha value is -4.66. The molecule has 4 aromatic carbocycles. The molecule has 37 heavy (non-hydrogen) atoms. The monoisotopic (exact) mass is 507 g/mol. The molecule has 0 aliphatic heterocycles. The highest BCUT2D eigenvalue weighted by atomic mass is 19.4. The molecule has 0 bridgehead atoms. The normalized spacial score (nSPS) is 11.6. The minimum atomic E-state index is -4.96. The highest BCUT2D eigenvalue weighted by molar-refractivity contribution is 5.98. The Morgan fingerprint density at radius 2 is 1.62 bits per heavy atom. The van der Waals surface area contributed by atoms with Crippen molar-refractivity contribution in [2.24, 2.45) is 0 Å². The van der Waals surface area contributed by atoms with Gasteiger partial charge >= 0.3 is 6.18 Å². The summed E-state index contributed by atoms with van der Waals surface area (Å²) in [6.45, 7) is -0.551. The zero-order chi connectivity index (χ0) is 26.2. The van der Waals surface area contributed by atoms with E-state index in [1.165, 1.54) is 42.5 Å². The summed E-state index contributed by atoms with van der Waals surface area (Å²) >= 11 is 0. The van der Waals surface area contributed by atoms with Crippen molar-refractivity contribution in [3.8, 4) is 16.9 Å². The number of ether oxygens (including phenoxy) is 1. The van der Waals surface area contributed by atoms with Gasteiger partial charge in [0.2, 0.25) is 11.2 Å². The molecule has 1 N–H and O–H groups in total. The summed E-state index contributed by atoms with van der Waals surface area (Å²) in [4.78, 5) is 25.5. The molecule has 0 saturated carbocycles. The van der Waals surface area contributed by atoms with Crippen LogP contribution in [0, 0.1) is 5.82 Å². The van der Waals surface area contributed by atoms with Gasteiger partial charge in [0.15, 0.2) is 6.61 Å². The van der Waals surface area contributed by atoms with Crippen molar-refractivity contribution in [3.05, 3.63) is 107 Å². The lowest BCUT2D eigenvalue weighted by Gasteiger charge is -2.15. The summed E-state index contributed by atoms with van der Waals surface area (Å²) < 4.78 is 66.6. The number of nitrogens with one attached hydrogen (secondary N) is 1. The lowest BCUT2D eigenvalue weighted by atomic mass is 9.96. The van der Waals surface area contributed by atoms with Crippen LogP contribution in [0.2, 0.25) is 0 Å². The van der Waals surface area contributed by atoms with E-state index in [1.807, 2.05) is 0 Å². The Balaban J connectivity index is 1.52. The van der Waals surface area contributed by atoms with E-state index >= 15 is 0 Å². The lowest BCUT2D eigenvalue weighted by Crippen LogP contribution is -2.20. The number of hydrogen-bond acceptors (Lipinski definition) is 4. The second kappa shape index (κ2) is 9.42. The van der Waals surface area contributed by atoms with E-state index in [2.05, 4.69) is 5.32 Å². The molecule has 0 saturated heterocycles. The standard InChI is InChI=1S/C28H17F4NO4/c29-21-10-3-4-11-22(21)33-24(34)15-36-17-12-13-20-23(14-17)37-27(28(30,31)32)25(26(20)35)19-9-5-7-16-6-1-2-8-18(16)19/h1-14H,15H2,(H,33,34). The molecule has 1 amide bonds. The van der Waals surface area contributed by atoms with Crippen molar-refractivity contribution in [1.29, 1.82) is 0 Å². The Labute approximate surface area is 206 Å². The fourth-order valence-electron chi connectivity index (χ4n) is 4.05. The van der Waals surface area contributed by atoms with Crippen molar-refractivity contribution in [3.63, 3.8) is 0 Å².